The summed E-state index contributed by atoms with van der Waals surface area (Å²) in [7, 11) is 1.50. The number of rotatable bonds is 10. The van der Waals surface area contributed by atoms with Crippen LogP contribution in [0, 0.1) is 0 Å². The molecular weight excluding hydrogens is 496 g/mol. The van der Waals surface area contributed by atoms with Crippen molar-refractivity contribution in [1.29, 1.82) is 0 Å². The fourth-order valence-electron chi connectivity index (χ4n) is 3.80. The van der Waals surface area contributed by atoms with Crippen molar-refractivity contribution in [1.82, 2.24) is 9.78 Å². The molecule has 1 aliphatic rings. The van der Waals surface area contributed by atoms with Crippen LogP contribution in [0.5, 0.6) is 17.2 Å². The van der Waals surface area contributed by atoms with Crippen molar-refractivity contribution in [2.75, 3.05) is 13.9 Å². The first-order chi connectivity index (χ1) is 16.8. The maximum Gasteiger partial charge on any atom is 0.337 e. The molecule has 0 bridgehead atoms. The lowest BCUT2D eigenvalue weighted by Gasteiger charge is -2.11. The predicted molar refractivity (Wildman–Crippen MR) is 131 cm³/mol. The number of aromatic carboxylic acids is 1. The van der Waals surface area contributed by atoms with Gasteiger partial charge in [0, 0.05) is 35.7 Å². The number of aromatic nitrogens is 2. The number of hydrogen-bond acceptors (Lipinski definition) is 7. The third-order valence-corrected chi connectivity index (χ3v) is 6.77. The maximum atomic E-state index is 12.2. The molecule has 0 atom stereocenters. The van der Waals surface area contributed by atoms with Gasteiger partial charge in [0.2, 0.25) is 6.79 Å². The summed E-state index contributed by atoms with van der Waals surface area (Å²) in [5.41, 5.74) is 1.72. The van der Waals surface area contributed by atoms with Gasteiger partial charge in [-0.25, -0.2) is 9.59 Å². The molecule has 0 aliphatic carbocycles. The SMILES string of the molecule is CCCCn1ncc(C=C(Cc2cc3c(cc2OC)OCO3)C(=O)O)c1-c1sc(Cl)cc1C(=O)O. The van der Waals surface area contributed by atoms with Crippen LogP contribution in [-0.4, -0.2) is 45.8 Å². The summed E-state index contributed by atoms with van der Waals surface area (Å²) in [5.74, 6) is -0.734. The second-order valence-electron chi connectivity index (χ2n) is 7.79. The molecule has 0 fully saturated rings. The Bertz CT molecular complexity index is 1310. The zero-order chi connectivity index (χ0) is 25.1. The number of halogens is 1. The predicted octanol–water partition coefficient (Wildman–Crippen LogP) is 5.21. The number of methoxy groups -OCH3 is 1. The molecule has 3 aromatic rings. The monoisotopic (exact) mass is 518 g/mol. The fourth-order valence-corrected chi connectivity index (χ4v) is 5.09. The zero-order valence-corrected chi connectivity index (χ0v) is 20.6. The van der Waals surface area contributed by atoms with Crippen molar-refractivity contribution in [3.8, 4) is 27.8 Å². The van der Waals surface area contributed by atoms with E-state index in [1.54, 1.807) is 23.0 Å². The van der Waals surface area contributed by atoms with E-state index in [-0.39, 0.29) is 24.4 Å². The van der Waals surface area contributed by atoms with Crippen LogP contribution in [0.15, 0.2) is 30.0 Å². The minimum absolute atomic E-state index is 0.0334. The molecule has 11 heteroatoms. The molecule has 184 valence electrons. The van der Waals surface area contributed by atoms with Gasteiger partial charge in [-0.3, -0.25) is 4.68 Å². The van der Waals surface area contributed by atoms with Gasteiger partial charge in [0.15, 0.2) is 11.5 Å². The van der Waals surface area contributed by atoms with E-state index in [0.717, 1.165) is 24.2 Å². The highest BCUT2D eigenvalue weighted by molar-refractivity contribution is 7.19. The van der Waals surface area contributed by atoms with Crippen LogP contribution in [0.1, 0.15) is 41.3 Å². The van der Waals surface area contributed by atoms with Crippen molar-refractivity contribution < 1.29 is 34.0 Å². The van der Waals surface area contributed by atoms with Gasteiger partial charge in [-0.15, -0.1) is 11.3 Å². The summed E-state index contributed by atoms with van der Waals surface area (Å²) in [6.07, 6.45) is 4.82. The molecule has 3 heterocycles. The normalized spacial score (nSPS) is 12.7. The van der Waals surface area contributed by atoms with Gasteiger partial charge in [-0.05, 0) is 24.6 Å². The Balaban J connectivity index is 1.81. The molecular formula is C24H23ClN2O7S. The number of hydrogen-bond donors (Lipinski definition) is 2. The van der Waals surface area contributed by atoms with Crippen LogP contribution >= 0.6 is 22.9 Å². The van der Waals surface area contributed by atoms with E-state index < -0.39 is 11.9 Å². The summed E-state index contributed by atoms with van der Waals surface area (Å²) in [4.78, 5) is 24.5. The molecule has 2 aromatic heterocycles. The molecule has 0 unspecified atom stereocenters. The van der Waals surface area contributed by atoms with E-state index >= 15 is 0 Å². The highest BCUT2D eigenvalue weighted by atomic mass is 35.5. The second kappa shape index (κ2) is 10.4. The Labute approximate surface area is 210 Å². The van der Waals surface area contributed by atoms with Gasteiger partial charge < -0.3 is 24.4 Å². The molecule has 0 amide bonds. The molecule has 4 rings (SSSR count). The summed E-state index contributed by atoms with van der Waals surface area (Å²) in [6, 6.07) is 4.76. The number of aliphatic carboxylic acids is 1. The van der Waals surface area contributed by atoms with Gasteiger partial charge in [0.1, 0.15) is 5.75 Å². The minimum atomic E-state index is -1.13. The highest BCUT2D eigenvalue weighted by Gasteiger charge is 2.24. The Morgan fingerprint density at radius 2 is 2.00 bits per heavy atom. The van der Waals surface area contributed by atoms with Crippen LogP contribution in [0.25, 0.3) is 16.6 Å². The first kappa shape index (κ1) is 24.6. The first-order valence-corrected chi connectivity index (χ1v) is 12.0. The van der Waals surface area contributed by atoms with Gasteiger partial charge in [0.25, 0.3) is 0 Å². The molecule has 0 saturated carbocycles. The van der Waals surface area contributed by atoms with E-state index in [1.807, 2.05) is 6.92 Å². The van der Waals surface area contributed by atoms with Gasteiger partial charge in [-0.2, -0.15) is 5.10 Å². The Morgan fingerprint density at radius 3 is 2.66 bits per heavy atom. The topological polar surface area (TPSA) is 120 Å². The van der Waals surface area contributed by atoms with E-state index in [4.69, 9.17) is 25.8 Å². The van der Waals surface area contributed by atoms with Crippen LogP contribution < -0.4 is 14.2 Å². The summed E-state index contributed by atoms with van der Waals surface area (Å²) < 4.78 is 18.3. The molecule has 0 radical (unpaired) electrons. The number of thiophene rings is 1. The standard InChI is InChI=1S/C24H23ClN2O7S/c1-3-4-5-27-21(22-16(24(30)31)9-20(25)35-22)15(11-26-27)7-14(23(28)29)6-13-8-18-19(34-12-33-18)10-17(13)32-2/h7-11H,3-6,12H2,1-2H3,(H,28,29)(H,30,31). The van der Waals surface area contributed by atoms with E-state index in [0.29, 0.717) is 49.8 Å². The zero-order valence-electron chi connectivity index (χ0n) is 19.0. The number of carboxylic acid groups (broad SMARTS) is 2. The number of carbonyl (C=O) groups is 2. The number of benzene rings is 1. The Hall–Kier alpha value is -3.50. The summed E-state index contributed by atoms with van der Waals surface area (Å²) in [6.45, 7) is 2.67. The lowest BCUT2D eigenvalue weighted by molar-refractivity contribution is -0.132. The van der Waals surface area contributed by atoms with Crippen LogP contribution in [0.3, 0.4) is 0 Å². The largest absolute Gasteiger partial charge is 0.496 e. The second-order valence-corrected chi connectivity index (χ2v) is 9.48. The molecule has 1 aliphatic heterocycles. The average molecular weight is 519 g/mol. The molecule has 2 N–H and O–H groups in total. The molecule has 0 saturated heterocycles. The quantitative estimate of drug-likeness (QED) is 0.351. The summed E-state index contributed by atoms with van der Waals surface area (Å²) >= 11 is 7.28. The number of carboxylic acids is 2. The third kappa shape index (κ3) is 5.13. The maximum absolute atomic E-state index is 12.2. The smallest absolute Gasteiger partial charge is 0.337 e. The number of nitrogens with zero attached hydrogens (tertiary/aromatic N) is 2. The number of aryl methyl sites for hydroxylation is 1. The van der Waals surface area contributed by atoms with E-state index in [1.165, 1.54) is 19.3 Å². The molecule has 35 heavy (non-hydrogen) atoms. The highest BCUT2D eigenvalue weighted by Crippen LogP contribution is 2.40. The van der Waals surface area contributed by atoms with E-state index in [9.17, 15) is 19.8 Å². The number of unbranched alkanes of at least 4 members (excludes halogenated alkanes) is 1. The van der Waals surface area contributed by atoms with Crippen molar-refractivity contribution in [2.45, 2.75) is 32.7 Å². The van der Waals surface area contributed by atoms with Gasteiger partial charge in [-0.1, -0.05) is 24.9 Å². The molecule has 1 aromatic carbocycles. The lowest BCUT2D eigenvalue weighted by atomic mass is 10.0. The fraction of sp³-hybridized carbons (Fsp3) is 0.292. The Morgan fingerprint density at radius 1 is 1.26 bits per heavy atom. The van der Waals surface area contributed by atoms with Crippen LogP contribution in [0.2, 0.25) is 4.34 Å². The molecule has 9 nitrogen and oxygen atoms in total. The number of fused-ring (bicyclic) bond motifs is 1. The number of ether oxygens (including phenoxy) is 3. The van der Waals surface area contributed by atoms with Gasteiger partial charge >= 0.3 is 11.9 Å². The first-order valence-electron chi connectivity index (χ1n) is 10.8. The van der Waals surface area contributed by atoms with Gasteiger partial charge in [0.05, 0.1) is 33.8 Å². The summed E-state index contributed by atoms with van der Waals surface area (Å²) in [5, 5.41) is 24.1. The lowest BCUT2D eigenvalue weighted by Crippen LogP contribution is -2.06. The van der Waals surface area contributed by atoms with E-state index in [2.05, 4.69) is 5.10 Å². The van der Waals surface area contributed by atoms with Crippen LogP contribution in [0.4, 0.5) is 0 Å². The van der Waals surface area contributed by atoms with Crippen LogP contribution in [-0.2, 0) is 17.8 Å². The van der Waals surface area contributed by atoms with Crippen molar-refractivity contribution in [2.24, 2.45) is 0 Å². The third-order valence-electron chi connectivity index (χ3n) is 5.50. The van der Waals surface area contributed by atoms with Crippen molar-refractivity contribution >= 4 is 41.0 Å². The Kier molecular flexibility index (Phi) is 7.32. The molecule has 0 spiro atoms. The van der Waals surface area contributed by atoms with Crippen molar-refractivity contribution in [3.05, 3.63) is 51.0 Å². The van der Waals surface area contributed by atoms with Crippen molar-refractivity contribution in [3.63, 3.8) is 0 Å². The average Bonchev–Trinajstić information content (AvgIpc) is 3.54. The minimum Gasteiger partial charge on any atom is -0.496 e.